The van der Waals surface area contributed by atoms with Crippen LogP contribution in [0.2, 0.25) is 0 Å². The maximum absolute atomic E-state index is 13.0. The van der Waals surface area contributed by atoms with E-state index in [-0.39, 0.29) is 10.9 Å². The summed E-state index contributed by atoms with van der Waals surface area (Å²) in [4.78, 5) is 36.2. The van der Waals surface area contributed by atoms with Gasteiger partial charge in [0.05, 0.1) is 11.0 Å². The van der Waals surface area contributed by atoms with Crippen molar-refractivity contribution in [2.45, 2.75) is 75.1 Å². The number of carbonyl (C=O) groups excluding carboxylic acids is 3. The Morgan fingerprint density at radius 3 is 2.25 bits per heavy atom. The molecule has 1 aliphatic carbocycles. The van der Waals surface area contributed by atoms with E-state index < -0.39 is 52.0 Å². The van der Waals surface area contributed by atoms with E-state index in [0.29, 0.717) is 0 Å². The van der Waals surface area contributed by atoms with Crippen molar-refractivity contribution >= 4 is 27.9 Å². The number of urea groups is 1. The standard InChI is InChI=1S/C20H28FN3O7S/c1-12(25)17(24-32(29,30)16-10-8-14(21)9-11-16)19(27)31-13(2)18(26)23-20(28)22-15-6-4-3-5-7-15/h8-13,15,17,24-25H,3-7H2,1-2H3,(H2,22,23,26,28)/t12-,13-,17-/m0/s1. The summed E-state index contributed by atoms with van der Waals surface area (Å²) in [5.74, 6) is -2.78. The molecule has 1 aromatic rings. The molecule has 2 rings (SSSR count). The van der Waals surface area contributed by atoms with Crippen LogP contribution < -0.4 is 15.4 Å². The predicted molar refractivity (Wildman–Crippen MR) is 111 cm³/mol. The fourth-order valence-corrected chi connectivity index (χ4v) is 4.43. The van der Waals surface area contributed by atoms with E-state index in [4.69, 9.17) is 4.74 Å². The third kappa shape index (κ3) is 7.53. The van der Waals surface area contributed by atoms with Gasteiger partial charge in [-0.2, -0.15) is 4.72 Å². The van der Waals surface area contributed by atoms with Crippen LogP contribution in [0.1, 0.15) is 46.0 Å². The lowest BCUT2D eigenvalue weighted by atomic mass is 9.96. The number of halogens is 1. The molecule has 0 saturated heterocycles. The molecule has 0 spiro atoms. The van der Waals surface area contributed by atoms with Crippen LogP contribution in [0.4, 0.5) is 9.18 Å². The molecular weight excluding hydrogens is 445 g/mol. The smallest absolute Gasteiger partial charge is 0.327 e. The van der Waals surface area contributed by atoms with Gasteiger partial charge in [0.25, 0.3) is 5.91 Å². The van der Waals surface area contributed by atoms with Crippen molar-refractivity contribution in [3.8, 4) is 0 Å². The molecule has 1 aliphatic rings. The topological polar surface area (TPSA) is 151 Å². The van der Waals surface area contributed by atoms with E-state index in [9.17, 15) is 32.3 Å². The number of hydrogen-bond donors (Lipinski definition) is 4. The van der Waals surface area contributed by atoms with Gasteiger partial charge in [-0.25, -0.2) is 17.6 Å². The first-order valence-electron chi connectivity index (χ1n) is 10.3. The average Bonchev–Trinajstić information content (AvgIpc) is 2.72. The molecule has 3 amide bonds. The van der Waals surface area contributed by atoms with Crippen LogP contribution in [-0.4, -0.2) is 55.7 Å². The van der Waals surface area contributed by atoms with Gasteiger partial charge in [-0.15, -0.1) is 0 Å². The van der Waals surface area contributed by atoms with E-state index in [2.05, 4.69) is 10.6 Å². The Morgan fingerprint density at radius 1 is 1.09 bits per heavy atom. The summed E-state index contributed by atoms with van der Waals surface area (Å²) in [5, 5.41) is 14.6. The maximum atomic E-state index is 13.0. The summed E-state index contributed by atoms with van der Waals surface area (Å²) in [6.07, 6.45) is 1.76. The number of ether oxygens (including phenoxy) is 1. The first-order chi connectivity index (χ1) is 15.0. The fraction of sp³-hybridized carbons (Fsp3) is 0.550. The van der Waals surface area contributed by atoms with Crippen LogP contribution in [-0.2, 0) is 24.3 Å². The van der Waals surface area contributed by atoms with Gasteiger partial charge in [0.15, 0.2) is 6.10 Å². The van der Waals surface area contributed by atoms with Crippen LogP contribution in [0.15, 0.2) is 29.2 Å². The van der Waals surface area contributed by atoms with Crippen LogP contribution in [0.25, 0.3) is 0 Å². The highest BCUT2D eigenvalue weighted by atomic mass is 32.2. The highest BCUT2D eigenvalue weighted by Gasteiger charge is 2.33. The number of aliphatic hydroxyl groups excluding tert-OH is 1. The molecule has 1 fully saturated rings. The summed E-state index contributed by atoms with van der Waals surface area (Å²) in [7, 11) is -4.30. The second-order valence-corrected chi connectivity index (χ2v) is 9.38. The Balaban J connectivity index is 1.95. The zero-order valence-electron chi connectivity index (χ0n) is 17.8. The van der Waals surface area contributed by atoms with E-state index in [1.54, 1.807) is 0 Å². The third-order valence-electron chi connectivity index (χ3n) is 4.98. The lowest BCUT2D eigenvalue weighted by molar-refractivity contribution is -0.158. The Labute approximate surface area is 186 Å². The van der Waals surface area contributed by atoms with Crippen LogP contribution in [0.3, 0.4) is 0 Å². The van der Waals surface area contributed by atoms with E-state index in [1.165, 1.54) is 6.92 Å². The Hall–Kier alpha value is -2.57. The van der Waals surface area contributed by atoms with Gasteiger partial charge < -0.3 is 15.2 Å². The number of aliphatic hydroxyl groups is 1. The van der Waals surface area contributed by atoms with Crippen molar-refractivity contribution in [3.63, 3.8) is 0 Å². The number of esters is 1. The molecule has 12 heteroatoms. The summed E-state index contributed by atoms with van der Waals surface area (Å²) in [6, 6.07) is 1.34. The second kappa shape index (κ2) is 11.3. The molecular formula is C20H28FN3O7S. The quantitative estimate of drug-likeness (QED) is 0.410. The average molecular weight is 474 g/mol. The van der Waals surface area contributed by atoms with Crippen LogP contribution >= 0.6 is 0 Å². The molecule has 10 nitrogen and oxygen atoms in total. The SMILES string of the molecule is C[C@H](OC(=O)[C@@H](NS(=O)(=O)c1ccc(F)cc1)[C@H](C)O)C(=O)NC(=O)NC1CCCCC1. The monoisotopic (exact) mass is 473 g/mol. The van der Waals surface area contributed by atoms with Gasteiger partial charge in [0.2, 0.25) is 10.0 Å². The largest absolute Gasteiger partial charge is 0.451 e. The molecule has 3 atom stereocenters. The maximum Gasteiger partial charge on any atom is 0.327 e. The highest BCUT2D eigenvalue weighted by Crippen LogP contribution is 2.17. The van der Waals surface area contributed by atoms with Crippen LogP contribution in [0.5, 0.6) is 0 Å². The first-order valence-corrected chi connectivity index (χ1v) is 11.8. The number of carbonyl (C=O) groups is 3. The minimum Gasteiger partial charge on any atom is -0.451 e. The minimum atomic E-state index is -4.30. The van der Waals surface area contributed by atoms with E-state index in [0.717, 1.165) is 63.3 Å². The number of rotatable bonds is 8. The lowest BCUT2D eigenvalue weighted by Crippen LogP contribution is -2.51. The Morgan fingerprint density at radius 2 is 1.69 bits per heavy atom. The number of sulfonamides is 1. The number of hydrogen-bond acceptors (Lipinski definition) is 7. The highest BCUT2D eigenvalue weighted by molar-refractivity contribution is 7.89. The zero-order valence-corrected chi connectivity index (χ0v) is 18.7. The summed E-state index contributed by atoms with van der Waals surface area (Å²) in [5.41, 5.74) is 0. The Kier molecular flexibility index (Phi) is 9.10. The fourth-order valence-electron chi connectivity index (χ4n) is 3.18. The molecule has 0 unspecified atom stereocenters. The molecule has 1 saturated carbocycles. The summed E-state index contributed by atoms with van der Waals surface area (Å²) < 4.78 is 44.8. The van der Waals surface area contributed by atoms with Gasteiger partial charge >= 0.3 is 12.0 Å². The van der Waals surface area contributed by atoms with Crippen molar-refractivity contribution in [2.75, 3.05) is 0 Å². The summed E-state index contributed by atoms with van der Waals surface area (Å²) >= 11 is 0. The third-order valence-corrected chi connectivity index (χ3v) is 6.44. The minimum absolute atomic E-state index is 0.0325. The first kappa shape index (κ1) is 25.7. The molecule has 0 aliphatic heterocycles. The molecule has 0 aromatic heterocycles. The number of benzene rings is 1. The number of imide groups is 1. The molecule has 1 aromatic carbocycles. The molecule has 32 heavy (non-hydrogen) atoms. The lowest BCUT2D eigenvalue weighted by Gasteiger charge is -2.24. The number of amides is 3. The van der Waals surface area contributed by atoms with Gasteiger partial charge in [-0.1, -0.05) is 19.3 Å². The normalized spacial score (nSPS) is 17.6. The van der Waals surface area contributed by atoms with Gasteiger partial charge in [0.1, 0.15) is 11.9 Å². The van der Waals surface area contributed by atoms with Crippen molar-refractivity contribution in [3.05, 3.63) is 30.1 Å². The van der Waals surface area contributed by atoms with E-state index in [1.807, 2.05) is 4.72 Å². The second-order valence-electron chi connectivity index (χ2n) is 7.67. The van der Waals surface area contributed by atoms with Crippen molar-refractivity contribution in [1.82, 2.24) is 15.4 Å². The Bertz CT molecular complexity index is 916. The molecule has 0 bridgehead atoms. The number of nitrogens with one attached hydrogen (secondary N) is 3. The van der Waals surface area contributed by atoms with Crippen molar-refractivity contribution in [1.29, 1.82) is 0 Å². The van der Waals surface area contributed by atoms with Gasteiger partial charge in [-0.05, 0) is 51.0 Å². The van der Waals surface area contributed by atoms with Crippen molar-refractivity contribution in [2.24, 2.45) is 0 Å². The predicted octanol–water partition coefficient (Wildman–Crippen LogP) is 0.944. The van der Waals surface area contributed by atoms with E-state index >= 15 is 0 Å². The summed E-state index contributed by atoms with van der Waals surface area (Å²) in [6.45, 7) is 2.36. The molecule has 178 valence electrons. The van der Waals surface area contributed by atoms with Gasteiger partial charge in [0, 0.05) is 6.04 Å². The molecule has 0 heterocycles. The van der Waals surface area contributed by atoms with Crippen LogP contribution in [0, 0.1) is 5.82 Å². The molecule has 4 N–H and O–H groups in total. The van der Waals surface area contributed by atoms with Crippen molar-refractivity contribution < 1.29 is 37.0 Å². The molecule has 0 radical (unpaired) electrons. The zero-order chi connectivity index (χ0) is 23.9. The van der Waals surface area contributed by atoms with Gasteiger partial charge in [-0.3, -0.25) is 14.9 Å².